The van der Waals surface area contributed by atoms with Gasteiger partial charge in [0.05, 0.1) is 22.0 Å². The van der Waals surface area contributed by atoms with Crippen molar-refractivity contribution in [3.8, 4) is 5.75 Å². The maximum absolute atomic E-state index is 13.1. The zero-order chi connectivity index (χ0) is 15.8. The zero-order valence-electron chi connectivity index (χ0n) is 12.6. The number of hydrogen-bond acceptors (Lipinski definition) is 3. The van der Waals surface area contributed by atoms with E-state index in [9.17, 15) is 13.0 Å². The van der Waals surface area contributed by atoms with Crippen LogP contribution in [0.1, 0.15) is 26.2 Å². The minimum atomic E-state index is -2.62. The molecule has 0 unspecified atom stereocenters. The largest absolute Gasteiger partial charge is 0.493 e. The van der Waals surface area contributed by atoms with Gasteiger partial charge in [0.2, 0.25) is 5.92 Å². The minimum absolute atomic E-state index is 0.0769. The van der Waals surface area contributed by atoms with E-state index in [1.165, 1.54) is 0 Å². The SMILES string of the molecule is CC(F)(F)[C@@H]1C[C@H]1COc1cccc(N=S2(=O)CCCC2)c1. The lowest BCUT2D eigenvalue weighted by Crippen LogP contribution is -2.16. The van der Waals surface area contributed by atoms with Crippen molar-refractivity contribution in [3.05, 3.63) is 24.3 Å². The Bertz CT molecular complexity index is 650. The van der Waals surface area contributed by atoms with Gasteiger partial charge >= 0.3 is 0 Å². The number of benzene rings is 1. The van der Waals surface area contributed by atoms with Crippen LogP contribution < -0.4 is 4.74 Å². The first-order valence-electron chi connectivity index (χ1n) is 7.69. The fourth-order valence-corrected chi connectivity index (χ4v) is 5.12. The molecule has 2 atom stereocenters. The van der Waals surface area contributed by atoms with Gasteiger partial charge in [0.15, 0.2) is 0 Å². The van der Waals surface area contributed by atoms with Gasteiger partial charge in [-0.2, -0.15) is 4.36 Å². The highest BCUT2D eigenvalue weighted by atomic mass is 32.2. The second kappa shape index (κ2) is 5.80. The van der Waals surface area contributed by atoms with Crippen molar-refractivity contribution in [2.24, 2.45) is 16.2 Å². The molecule has 0 bridgehead atoms. The van der Waals surface area contributed by atoms with Gasteiger partial charge in [-0.1, -0.05) is 6.07 Å². The van der Waals surface area contributed by atoms with E-state index in [-0.39, 0.29) is 5.92 Å². The van der Waals surface area contributed by atoms with Crippen molar-refractivity contribution < 1.29 is 17.7 Å². The summed E-state index contributed by atoms with van der Waals surface area (Å²) < 4.78 is 48.6. The predicted molar refractivity (Wildman–Crippen MR) is 83.4 cm³/mol. The van der Waals surface area contributed by atoms with E-state index in [1.54, 1.807) is 24.3 Å². The topological polar surface area (TPSA) is 38.7 Å². The lowest BCUT2D eigenvalue weighted by molar-refractivity contribution is -0.00961. The number of nitrogens with zero attached hydrogens (tertiary/aromatic N) is 1. The first-order chi connectivity index (χ1) is 10.4. The Kier molecular flexibility index (Phi) is 4.14. The standard InChI is InChI=1S/C16H21F2NO2S/c1-16(17,18)15-9-12(15)11-21-14-6-4-5-13(10-14)19-22(20)7-2-3-8-22/h4-6,10,12,15H,2-3,7-9,11H2,1H3/t12-,15+/m0/s1. The van der Waals surface area contributed by atoms with E-state index in [4.69, 9.17) is 4.74 Å². The molecular formula is C16H21F2NO2S. The molecule has 1 saturated carbocycles. The third-order valence-corrected chi connectivity index (χ3v) is 6.70. The number of ether oxygens (including phenoxy) is 1. The molecule has 0 amide bonds. The average molecular weight is 329 g/mol. The third-order valence-electron chi connectivity index (χ3n) is 4.30. The Morgan fingerprint density at radius 3 is 2.73 bits per heavy atom. The Labute approximate surface area is 130 Å². The minimum Gasteiger partial charge on any atom is -0.493 e. The Balaban J connectivity index is 1.62. The maximum atomic E-state index is 13.1. The van der Waals surface area contributed by atoms with E-state index < -0.39 is 21.6 Å². The zero-order valence-corrected chi connectivity index (χ0v) is 13.5. The molecule has 1 saturated heterocycles. The van der Waals surface area contributed by atoms with Crippen LogP contribution in [0.4, 0.5) is 14.5 Å². The van der Waals surface area contributed by atoms with Crippen LogP contribution in [0, 0.1) is 11.8 Å². The van der Waals surface area contributed by atoms with Crippen LogP contribution >= 0.6 is 0 Å². The van der Waals surface area contributed by atoms with Crippen LogP contribution in [0.3, 0.4) is 0 Å². The van der Waals surface area contributed by atoms with Gasteiger partial charge in [-0.25, -0.2) is 13.0 Å². The Hall–Kier alpha value is -1.17. The van der Waals surface area contributed by atoms with E-state index in [1.807, 2.05) is 0 Å². The smallest absolute Gasteiger partial charge is 0.248 e. The summed E-state index contributed by atoms with van der Waals surface area (Å²) in [5.74, 6) is -1.33. The molecule has 0 spiro atoms. The molecule has 1 aromatic rings. The lowest BCUT2D eigenvalue weighted by Gasteiger charge is -2.10. The molecule has 0 N–H and O–H groups in total. The molecule has 122 valence electrons. The lowest BCUT2D eigenvalue weighted by atomic mass is 10.2. The molecule has 1 aliphatic carbocycles. The summed E-state index contributed by atoms with van der Waals surface area (Å²) in [6, 6.07) is 7.12. The summed E-state index contributed by atoms with van der Waals surface area (Å²) in [6.07, 6.45) is 2.45. The number of rotatable bonds is 5. The first kappa shape index (κ1) is 15.7. The van der Waals surface area contributed by atoms with Crippen molar-refractivity contribution in [1.82, 2.24) is 0 Å². The third kappa shape index (κ3) is 3.77. The molecule has 1 heterocycles. The summed E-state index contributed by atoms with van der Waals surface area (Å²) in [7, 11) is -2.10. The summed E-state index contributed by atoms with van der Waals surface area (Å²) in [6.45, 7) is 1.27. The van der Waals surface area contributed by atoms with E-state index in [0.29, 0.717) is 36.0 Å². The van der Waals surface area contributed by atoms with Gasteiger partial charge in [-0.15, -0.1) is 0 Å². The predicted octanol–water partition coefficient (Wildman–Crippen LogP) is 4.25. The molecular weight excluding hydrogens is 308 g/mol. The molecule has 0 aromatic heterocycles. The molecule has 1 aromatic carbocycles. The quantitative estimate of drug-likeness (QED) is 0.810. The fraction of sp³-hybridized carbons (Fsp3) is 0.625. The molecule has 3 rings (SSSR count). The molecule has 2 aliphatic rings. The Morgan fingerprint density at radius 2 is 2.09 bits per heavy atom. The highest BCUT2D eigenvalue weighted by Gasteiger charge is 2.51. The molecule has 0 radical (unpaired) electrons. The van der Waals surface area contributed by atoms with Gasteiger partial charge in [0, 0.05) is 29.4 Å². The van der Waals surface area contributed by atoms with E-state index in [0.717, 1.165) is 19.8 Å². The normalized spacial score (nSPS) is 26.7. The van der Waals surface area contributed by atoms with Gasteiger partial charge in [-0.3, -0.25) is 0 Å². The molecule has 2 fully saturated rings. The molecule has 22 heavy (non-hydrogen) atoms. The van der Waals surface area contributed by atoms with Crippen LogP contribution in [-0.4, -0.2) is 28.2 Å². The molecule has 3 nitrogen and oxygen atoms in total. The molecule has 6 heteroatoms. The van der Waals surface area contributed by atoms with Gasteiger partial charge in [-0.05, 0) is 38.3 Å². The Morgan fingerprint density at radius 1 is 1.36 bits per heavy atom. The van der Waals surface area contributed by atoms with Crippen molar-refractivity contribution in [2.45, 2.75) is 32.1 Å². The van der Waals surface area contributed by atoms with Gasteiger partial charge < -0.3 is 4.74 Å². The molecule has 1 aliphatic heterocycles. The fourth-order valence-electron chi connectivity index (χ4n) is 2.93. The summed E-state index contributed by atoms with van der Waals surface area (Å²) in [4.78, 5) is 0. The van der Waals surface area contributed by atoms with Crippen LogP contribution in [0.15, 0.2) is 28.6 Å². The second-order valence-corrected chi connectivity index (χ2v) is 8.89. The van der Waals surface area contributed by atoms with Crippen molar-refractivity contribution in [2.75, 3.05) is 18.1 Å². The van der Waals surface area contributed by atoms with Crippen LogP contribution in [-0.2, 0) is 9.73 Å². The van der Waals surface area contributed by atoms with Crippen LogP contribution in [0.25, 0.3) is 0 Å². The van der Waals surface area contributed by atoms with Crippen LogP contribution in [0.5, 0.6) is 5.75 Å². The van der Waals surface area contributed by atoms with Gasteiger partial charge in [0.25, 0.3) is 0 Å². The highest BCUT2D eigenvalue weighted by molar-refractivity contribution is 7.93. The first-order valence-corrected chi connectivity index (χ1v) is 9.54. The average Bonchev–Trinajstić information content (AvgIpc) is 3.12. The van der Waals surface area contributed by atoms with E-state index in [2.05, 4.69) is 4.36 Å². The summed E-state index contributed by atoms with van der Waals surface area (Å²) >= 11 is 0. The number of hydrogen-bond donors (Lipinski definition) is 0. The number of halogens is 2. The maximum Gasteiger partial charge on any atom is 0.248 e. The second-order valence-electron chi connectivity index (χ2n) is 6.35. The monoisotopic (exact) mass is 329 g/mol. The summed E-state index contributed by atoms with van der Waals surface area (Å²) in [5, 5.41) is 0. The van der Waals surface area contributed by atoms with Crippen LogP contribution in [0.2, 0.25) is 0 Å². The van der Waals surface area contributed by atoms with Crippen molar-refractivity contribution in [3.63, 3.8) is 0 Å². The van der Waals surface area contributed by atoms with Gasteiger partial charge in [0.1, 0.15) is 5.75 Å². The summed E-state index contributed by atoms with van der Waals surface area (Å²) in [5.41, 5.74) is 0.651. The van der Waals surface area contributed by atoms with Crippen molar-refractivity contribution in [1.29, 1.82) is 0 Å². The highest BCUT2D eigenvalue weighted by Crippen LogP contribution is 2.49. The van der Waals surface area contributed by atoms with Crippen molar-refractivity contribution >= 4 is 15.4 Å². The van der Waals surface area contributed by atoms with E-state index >= 15 is 0 Å². The number of alkyl halides is 2.